The van der Waals surface area contributed by atoms with Gasteiger partial charge in [-0.1, -0.05) is 29.8 Å². The van der Waals surface area contributed by atoms with Crippen molar-refractivity contribution < 1.29 is 38.8 Å². The first-order valence-electron chi connectivity index (χ1n) is 2.54. The maximum Gasteiger partial charge on any atom is 2.00 e. The van der Waals surface area contributed by atoms with Gasteiger partial charge in [-0.05, 0) is 6.07 Å². The molecule has 62 valence electrons. The molecule has 0 fully saturated rings. The molecule has 0 aliphatic rings. The van der Waals surface area contributed by atoms with Crippen molar-refractivity contribution in [1.82, 2.24) is 0 Å². The van der Waals surface area contributed by atoms with Crippen molar-refractivity contribution in [2.24, 2.45) is 0 Å². The molecule has 0 bridgehead atoms. The first-order valence-corrected chi connectivity index (χ1v) is 2.92. The second-order valence-corrected chi connectivity index (χ2v) is 2.05. The van der Waals surface area contributed by atoms with E-state index in [1.807, 2.05) is 0 Å². The molecule has 0 aliphatic carbocycles. The minimum atomic E-state index is 0. The van der Waals surface area contributed by atoms with E-state index in [4.69, 9.17) is 11.6 Å². The number of rotatable bonds is 1. The third-order valence-corrected chi connectivity index (χ3v) is 1.38. The first-order chi connectivity index (χ1) is 4.34. The molecule has 1 rings (SSSR count). The van der Waals surface area contributed by atoms with Crippen LogP contribution in [-0.2, 0) is 0 Å². The Morgan fingerprint density at radius 3 is 2.00 bits per heavy atom. The van der Waals surface area contributed by atoms with Crippen LogP contribution in [-0.4, -0.2) is 29.3 Å². The van der Waals surface area contributed by atoms with E-state index in [1.165, 1.54) is 0 Å². The van der Waals surface area contributed by atoms with Crippen molar-refractivity contribution in [2.45, 2.75) is 0 Å². The van der Waals surface area contributed by atoms with E-state index in [0.717, 1.165) is 6.29 Å². The normalized spacial score (nSPS) is 6.75. The summed E-state index contributed by atoms with van der Waals surface area (Å²) < 4.78 is 0. The zero-order valence-electron chi connectivity index (χ0n) is 6.14. The Morgan fingerprint density at radius 1 is 1.17 bits per heavy atom. The molecule has 0 radical (unpaired) electrons. The molecule has 0 aromatic heterocycles. The minimum absolute atomic E-state index is 0. The van der Waals surface area contributed by atoms with Gasteiger partial charge in [-0.2, -0.15) is 0 Å². The van der Waals surface area contributed by atoms with Crippen molar-refractivity contribution in [2.75, 3.05) is 0 Å². The predicted molar refractivity (Wildman–Crippen MR) is 42.6 cm³/mol. The Morgan fingerprint density at radius 2 is 1.67 bits per heavy atom. The zero-order valence-corrected chi connectivity index (χ0v) is 11.5. The second-order valence-electron chi connectivity index (χ2n) is 1.64. The number of carbonyl (C=O) groups is 1. The van der Waals surface area contributed by atoms with Gasteiger partial charge in [0, 0.05) is 5.56 Å². The summed E-state index contributed by atoms with van der Waals surface area (Å²) in [7, 11) is 0. The second kappa shape index (κ2) is 9.99. The third-order valence-electron chi connectivity index (χ3n) is 1.03. The van der Waals surface area contributed by atoms with E-state index in [1.54, 1.807) is 24.3 Å². The maximum atomic E-state index is 10.1. The van der Waals surface area contributed by atoms with Gasteiger partial charge in [0.2, 0.25) is 0 Å². The van der Waals surface area contributed by atoms with Gasteiger partial charge in [0.15, 0.2) is 6.29 Å². The number of benzene rings is 1. The Bertz CT molecular complexity index is 232. The summed E-state index contributed by atoms with van der Waals surface area (Å²) >= 11 is 5.59. The molecule has 0 aliphatic heterocycles. The van der Waals surface area contributed by atoms with Gasteiger partial charge in [0.1, 0.15) is 0 Å². The van der Waals surface area contributed by atoms with Crippen molar-refractivity contribution in [3.05, 3.63) is 34.9 Å². The van der Waals surface area contributed by atoms with E-state index in [-0.39, 0.29) is 57.0 Å². The molecule has 0 N–H and O–H groups in total. The van der Waals surface area contributed by atoms with Gasteiger partial charge < -0.3 is 34.0 Å². The van der Waals surface area contributed by atoms with Crippen LogP contribution in [0.2, 0.25) is 5.02 Å². The molecule has 5 heteroatoms. The average molecular weight is 325 g/mol. The minimum Gasteiger partial charge on any atom is -1.00 e. The van der Waals surface area contributed by atoms with E-state index in [0.29, 0.717) is 10.6 Å². The van der Waals surface area contributed by atoms with Gasteiger partial charge in [-0.25, -0.2) is 0 Å². The Labute approximate surface area is 114 Å². The van der Waals surface area contributed by atoms with Crippen molar-refractivity contribution in [3.63, 3.8) is 0 Å². The van der Waals surface area contributed by atoms with Gasteiger partial charge in [0.25, 0.3) is 0 Å². The quantitative estimate of drug-likeness (QED) is 0.378. The molecule has 0 saturated carbocycles. The zero-order chi connectivity index (χ0) is 6.69. The van der Waals surface area contributed by atoms with Crippen LogP contribution in [0.25, 0.3) is 0 Å². The predicted octanol–water partition coefficient (Wildman–Crippen LogP) is -4.22. The van der Waals surface area contributed by atoms with Gasteiger partial charge in [-0.3, -0.25) is 4.79 Å². The third kappa shape index (κ3) is 5.53. The van der Waals surface area contributed by atoms with Crippen LogP contribution in [0.3, 0.4) is 0 Å². The number of aldehydes is 1. The smallest absolute Gasteiger partial charge is 1.00 e. The maximum absolute atomic E-state index is 10.1. The van der Waals surface area contributed by atoms with Crippen LogP contribution in [0.15, 0.2) is 24.3 Å². The largest absolute Gasteiger partial charge is 2.00 e. The summed E-state index contributed by atoms with van der Waals surface area (Å²) in [5.41, 5.74) is 0.541. The van der Waals surface area contributed by atoms with Crippen molar-refractivity contribution in [3.8, 4) is 0 Å². The monoisotopic (exact) mass is 322 g/mol. The summed E-state index contributed by atoms with van der Waals surface area (Å²) in [6, 6.07) is 6.92. The number of carbonyl (C=O) groups excluding carboxylic acids is 1. The summed E-state index contributed by atoms with van der Waals surface area (Å²) in [4.78, 5) is 10.1. The van der Waals surface area contributed by atoms with Gasteiger partial charge >= 0.3 is 23.1 Å². The van der Waals surface area contributed by atoms with Crippen LogP contribution < -0.4 is 34.0 Å². The number of hydrogen-bond donors (Lipinski definition) is 0. The summed E-state index contributed by atoms with van der Waals surface area (Å²) in [6.45, 7) is 0. The Balaban J connectivity index is -0.000000270. The first kappa shape index (κ1) is 18.6. The molecular weight excluding hydrogens is 320 g/mol. The molecular formula is C7H5Br2ClMgO. The molecule has 0 spiro atoms. The van der Waals surface area contributed by atoms with Crippen LogP contribution >= 0.6 is 11.6 Å². The molecule has 0 saturated heterocycles. The molecule has 0 unspecified atom stereocenters. The van der Waals surface area contributed by atoms with Crippen LogP contribution in [0.4, 0.5) is 0 Å². The summed E-state index contributed by atoms with van der Waals surface area (Å²) in [5.74, 6) is 0. The molecule has 0 heterocycles. The molecule has 1 aromatic carbocycles. The fraction of sp³-hybridized carbons (Fsp3) is 0. The van der Waals surface area contributed by atoms with Crippen LogP contribution in [0.1, 0.15) is 10.4 Å². The van der Waals surface area contributed by atoms with Gasteiger partial charge in [-0.15, -0.1) is 0 Å². The van der Waals surface area contributed by atoms with E-state index in [2.05, 4.69) is 0 Å². The molecule has 12 heavy (non-hydrogen) atoms. The average Bonchev–Trinajstić information content (AvgIpc) is 1.89. The molecule has 0 atom stereocenters. The van der Waals surface area contributed by atoms with Gasteiger partial charge in [0.05, 0.1) is 5.02 Å². The Hall–Kier alpha value is 0.906. The van der Waals surface area contributed by atoms with E-state index >= 15 is 0 Å². The number of hydrogen-bond acceptors (Lipinski definition) is 1. The fourth-order valence-corrected chi connectivity index (χ4v) is 0.751. The SMILES string of the molecule is O=Cc1ccccc1Cl.[Br-].[Br-].[Mg+2]. The molecule has 1 nitrogen and oxygen atoms in total. The van der Waals surface area contributed by atoms with Crippen molar-refractivity contribution >= 4 is 40.9 Å². The molecule has 1 aromatic rings. The van der Waals surface area contributed by atoms with E-state index < -0.39 is 0 Å². The standard InChI is InChI=1S/C7H5ClO.2BrH.Mg/c8-7-4-2-1-3-6(7)5-9;;;/h1-5H;2*1H;/q;;;+2/p-2. The summed E-state index contributed by atoms with van der Waals surface area (Å²) in [6.07, 6.45) is 0.738. The fourth-order valence-electron chi connectivity index (χ4n) is 0.571. The van der Waals surface area contributed by atoms with Crippen LogP contribution in [0.5, 0.6) is 0 Å². The summed E-state index contributed by atoms with van der Waals surface area (Å²) in [5, 5.41) is 0.507. The Kier molecular flexibility index (Phi) is 15.5. The van der Waals surface area contributed by atoms with Crippen molar-refractivity contribution in [1.29, 1.82) is 0 Å². The van der Waals surface area contributed by atoms with E-state index in [9.17, 15) is 4.79 Å². The number of halogens is 3. The topological polar surface area (TPSA) is 17.1 Å². The van der Waals surface area contributed by atoms with Crippen LogP contribution in [0, 0.1) is 0 Å². The molecule has 0 amide bonds.